The predicted molar refractivity (Wildman–Crippen MR) is 98.9 cm³/mol. The summed E-state index contributed by atoms with van der Waals surface area (Å²) in [6.45, 7) is 0.390. The second-order valence-electron chi connectivity index (χ2n) is 5.53. The van der Waals surface area contributed by atoms with Crippen molar-refractivity contribution < 1.29 is 9.53 Å². The van der Waals surface area contributed by atoms with E-state index in [1.165, 1.54) is 16.9 Å². The molecule has 0 saturated carbocycles. The molecular weight excluding hydrogens is 334 g/mol. The normalized spacial score (nSPS) is 10.6. The molecule has 0 bridgehead atoms. The van der Waals surface area contributed by atoms with Crippen LogP contribution in [0.1, 0.15) is 26.5 Å². The van der Waals surface area contributed by atoms with Crippen molar-refractivity contribution in [2.45, 2.75) is 19.4 Å². The Bertz CT molecular complexity index is 833. The van der Waals surface area contributed by atoms with Crippen molar-refractivity contribution in [1.82, 2.24) is 10.2 Å². The van der Waals surface area contributed by atoms with E-state index in [9.17, 15) is 4.79 Å². The van der Waals surface area contributed by atoms with Crippen molar-refractivity contribution in [2.24, 2.45) is 0 Å². The molecule has 25 heavy (non-hydrogen) atoms. The van der Waals surface area contributed by atoms with Gasteiger partial charge in [0.25, 0.3) is 5.91 Å². The highest BCUT2D eigenvalue weighted by molar-refractivity contribution is 7.15. The first-order chi connectivity index (χ1) is 12.3. The third-order valence-corrected chi connectivity index (χ3v) is 4.56. The van der Waals surface area contributed by atoms with Crippen LogP contribution in [-0.2, 0) is 24.2 Å². The van der Waals surface area contributed by atoms with Gasteiger partial charge < -0.3 is 4.74 Å². The lowest BCUT2D eigenvalue weighted by molar-refractivity contribution is 0.102. The van der Waals surface area contributed by atoms with E-state index in [-0.39, 0.29) is 5.91 Å². The SMILES string of the molecule is COCc1nnc(NC(=O)c2ccccc2CCc2ccccc2)s1. The van der Waals surface area contributed by atoms with Crippen molar-refractivity contribution in [2.75, 3.05) is 12.4 Å². The van der Waals surface area contributed by atoms with Gasteiger partial charge >= 0.3 is 0 Å². The molecule has 0 spiro atoms. The van der Waals surface area contributed by atoms with Crippen molar-refractivity contribution in [3.63, 3.8) is 0 Å². The summed E-state index contributed by atoms with van der Waals surface area (Å²) < 4.78 is 5.02. The van der Waals surface area contributed by atoms with E-state index in [4.69, 9.17) is 4.74 Å². The van der Waals surface area contributed by atoms with Crippen LogP contribution in [0.2, 0.25) is 0 Å². The first-order valence-electron chi connectivity index (χ1n) is 8.01. The molecule has 5 nitrogen and oxygen atoms in total. The second kappa shape index (κ2) is 8.50. The van der Waals surface area contributed by atoms with Gasteiger partial charge in [0.2, 0.25) is 5.13 Å². The summed E-state index contributed by atoms with van der Waals surface area (Å²) in [4.78, 5) is 12.6. The summed E-state index contributed by atoms with van der Waals surface area (Å²) in [6.07, 6.45) is 1.70. The summed E-state index contributed by atoms with van der Waals surface area (Å²) in [7, 11) is 1.60. The highest BCUT2D eigenvalue weighted by atomic mass is 32.1. The number of hydrogen-bond acceptors (Lipinski definition) is 5. The summed E-state index contributed by atoms with van der Waals surface area (Å²) in [5, 5.41) is 12.0. The van der Waals surface area contributed by atoms with Crippen LogP contribution >= 0.6 is 11.3 Å². The number of carbonyl (C=O) groups excluding carboxylic acids is 1. The zero-order valence-corrected chi connectivity index (χ0v) is 14.8. The molecule has 3 aromatic rings. The van der Waals surface area contributed by atoms with E-state index in [0.29, 0.717) is 17.3 Å². The zero-order valence-electron chi connectivity index (χ0n) is 13.9. The Morgan fingerprint density at radius 1 is 1.04 bits per heavy atom. The fraction of sp³-hybridized carbons (Fsp3) is 0.211. The molecular formula is C19H19N3O2S. The van der Waals surface area contributed by atoms with Crippen LogP contribution in [0.15, 0.2) is 54.6 Å². The molecule has 1 aromatic heterocycles. The molecule has 1 heterocycles. The van der Waals surface area contributed by atoms with Gasteiger partial charge in [0.15, 0.2) is 0 Å². The third-order valence-electron chi connectivity index (χ3n) is 3.74. The van der Waals surface area contributed by atoms with Gasteiger partial charge in [-0.05, 0) is 30.0 Å². The Morgan fingerprint density at radius 3 is 2.60 bits per heavy atom. The van der Waals surface area contributed by atoms with Gasteiger partial charge in [-0.15, -0.1) is 10.2 Å². The molecule has 0 radical (unpaired) electrons. The third kappa shape index (κ3) is 4.71. The van der Waals surface area contributed by atoms with Gasteiger partial charge in [-0.3, -0.25) is 10.1 Å². The molecule has 0 fully saturated rings. The Kier molecular flexibility index (Phi) is 5.87. The maximum Gasteiger partial charge on any atom is 0.257 e. The molecule has 0 aliphatic carbocycles. The monoisotopic (exact) mass is 353 g/mol. The average Bonchev–Trinajstić information content (AvgIpc) is 3.08. The number of benzene rings is 2. The van der Waals surface area contributed by atoms with E-state index in [1.54, 1.807) is 7.11 Å². The molecule has 0 aliphatic rings. The summed E-state index contributed by atoms with van der Waals surface area (Å²) in [5.74, 6) is -0.163. The Morgan fingerprint density at radius 2 is 1.80 bits per heavy atom. The molecule has 0 atom stereocenters. The molecule has 6 heteroatoms. The lowest BCUT2D eigenvalue weighted by atomic mass is 9.99. The molecule has 3 rings (SSSR count). The minimum atomic E-state index is -0.163. The van der Waals surface area contributed by atoms with Crippen LogP contribution in [0, 0.1) is 0 Å². The first kappa shape index (κ1) is 17.3. The number of aromatic nitrogens is 2. The minimum Gasteiger partial charge on any atom is -0.377 e. The van der Waals surface area contributed by atoms with Crippen molar-refractivity contribution >= 4 is 22.4 Å². The highest BCUT2D eigenvalue weighted by Gasteiger charge is 2.13. The molecule has 0 saturated heterocycles. The lowest BCUT2D eigenvalue weighted by Crippen LogP contribution is -2.14. The van der Waals surface area contributed by atoms with Crippen LogP contribution < -0.4 is 5.32 Å². The number of carbonyl (C=O) groups is 1. The van der Waals surface area contributed by atoms with E-state index in [0.717, 1.165) is 23.4 Å². The number of anilines is 1. The van der Waals surface area contributed by atoms with Gasteiger partial charge in [0.05, 0.1) is 0 Å². The minimum absolute atomic E-state index is 0.163. The zero-order chi connectivity index (χ0) is 17.5. The summed E-state index contributed by atoms with van der Waals surface area (Å²) in [6, 6.07) is 17.9. The smallest absolute Gasteiger partial charge is 0.257 e. The predicted octanol–water partition coefficient (Wildman–Crippen LogP) is 3.72. The van der Waals surface area contributed by atoms with Gasteiger partial charge in [0, 0.05) is 12.7 Å². The fourth-order valence-electron chi connectivity index (χ4n) is 2.53. The Hall–Kier alpha value is -2.57. The lowest BCUT2D eigenvalue weighted by Gasteiger charge is -2.09. The molecule has 0 unspecified atom stereocenters. The molecule has 128 valence electrons. The number of hydrogen-bond donors (Lipinski definition) is 1. The molecule has 1 N–H and O–H groups in total. The van der Waals surface area contributed by atoms with Crippen LogP contribution in [-0.4, -0.2) is 23.2 Å². The standard InChI is InChI=1S/C19H19N3O2S/c1-24-13-17-21-22-19(25-17)20-18(23)16-10-6-5-9-15(16)12-11-14-7-3-2-4-8-14/h2-10H,11-13H2,1H3,(H,20,22,23). The average molecular weight is 353 g/mol. The fourth-order valence-corrected chi connectivity index (χ4v) is 3.24. The molecule has 0 aliphatic heterocycles. The maximum absolute atomic E-state index is 12.6. The van der Waals surface area contributed by atoms with Crippen LogP contribution in [0.5, 0.6) is 0 Å². The van der Waals surface area contributed by atoms with E-state index < -0.39 is 0 Å². The number of methoxy groups -OCH3 is 1. The number of rotatable bonds is 7. The van der Waals surface area contributed by atoms with Gasteiger partial charge in [-0.25, -0.2) is 0 Å². The van der Waals surface area contributed by atoms with Crippen molar-refractivity contribution in [1.29, 1.82) is 0 Å². The number of aryl methyl sites for hydroxylation is 2. The van der Waals surface area contributed by atoms with Gasteiger partial charge in [0.1, 0.15) is 11.6 Å². The molecule has 1 amide bonds. The van der Waals surface area contributed by atoms with E-state index in [2.05, 4.69) is 27.6 Å². The summed E-state index contributed by atoms with van der Waals surface area (Å²) >= 11 is 1.32. The number of amides is 1. The second-order valence-corrected chi connectivity index (χ2v) is 6.59. The number of nitrogens with zero attached hydrogens (tertiary/aromatic N) is 2. The topological polar surface area (TPSA) is 64.1 Å². The Labute approximate surface area is 150 Å². The highest BCUT2D eigenvalue weighted by Crippen LogP contribution is 2.19. The van der Waals surface area contributed by atoms with Crippen LogP contribution in [0.4, 0.5) is 5.13 Å². The quantitative estimate of drug-likeness (QED) is 0.703. The van der Waals surface area contributed by atoms with Crippen molar-refractivity contribution in [3.05, 3.63) is 76.3 Å². The van der Waals surface area contributed by atoms with Crippen LogP contribution in [0.3, 0.4) is 0 Å². The van der Waals surface area contributed by atoms with Crippen LogP contribution in [0.25, 0.3) is 0 Å². The van der Waals surface area contributed by atoms with Crippen molar-refractivity contribution in [3.8, 4) is 0 Å². The largest absolute Gasteiger partial charge is 0.377 e. The van der Waals surface area contributed by atoms with Gasteiger partial charge in [-0.1, -0.05) is 59.9 Å². The summed E-state index contributed by atoms with van der Waals surface area (Å²) in [5.41, 5.74) is 2.94. The number of nitrogens with one attached hydrogen (secondary N) is 1. The Balaban J connectivity index is 1.69. The van der Waals surface area contributed by atoms with Gasteiger partial charge in [-0.2, -0.15) is 0 Å². The molecule has 2 aromatic carbocycles. The maximum atomic E-state index is 12.6. The number of ether oxygens (including phenoxy) is 1. The van der Waals surface area contributed by atoms with E-state index >= 15 is 0 Å². The first-order valence-corrected chi connectivity index (χ1v) is 8.82. The van der Waals surface area contributed by atoms with E-state index in [1.807, 2.05) is 42.5 Å².